The Hall–Kier alpha value is -1.67. The van der Waals surface area contributed by atoms with Crippen molar-refractivity contribution >= 4 is 12.2 Å². The molecule has 0 aliphatic rings. The summed E-state index contributed by atoms with van der Waals surface area (Å²) in [4.78, 5) is 19.8. The van der Waals surface area contributed by atoms with Crippen molar-refractivity contribution in [2.24, 2.45) is 0 Å². The summed E-state index contributed by atoms with van der Waals surface area (Å²) >= 11 is 0. The van der Waals surface area contributed by atoms with Gasteiger partial charge >= 0.3 is 18.4 Å². The van der Waals surface area contributed by atoms with Crippen LogP contribution >= 0.6 is 0 Å². The number of halogens is 3. The highest BCUT2D eigenvalue weighted by molar-refractivity contribution is 5.66. The van der Waals surface area contributed by atoms with E-state index in [0.29, 0.717) is 0 Å². The maximum atomic E-state index is 12.0. The van der Waals surface area contributed by atoms with Crippen molar-refractivity contribution in [2.75, 3.05) is 6.54 Å². The second-order valence-electron chi connectivity index (χ2n) is 2.23. The van der Waals surface area contributed by atoms with Crippen molar-refractivity contribution in [1.82, 2.24) is 10.6 Å². The molecule has 0 heterocycles. The first kappa shape index (κ1) is 12.3. The lowest BCUT2D eigenvalue weighted by Gasteiger charge is -2.19. The minimum atomic E-state index is -4.83. The molecule has 82 valence electrons. The Labute approximate surface area is 75.7 Å². The highest BCUT2D eigenvalue weighted by Gasteiger charge is 2.40. The summed E-state index contributed by atoms with van der Waals surface area (Å²) in [6.07, 6.45) is -8.37. The Morgan fingerprint density at radius 2 is 1.71 bits per heavy atom. The lowest BCUT2D eigenvalue weighted by Crippen LogP contribution is -2.51. The number of nitrogens with one attached hydrogen (secondary N) is 2. The Morgan fingerprint density at radius 1 is 1.21 bits per heavy atom. The van der Waals surface area contributed by atoms with E-state index < -0.39 is 30.9 Å². The molecule has 0 saturated heterocycles. The van der Waals surface area contributed by atoms with Gasteiger partial charge in [-0.05, 0) is 0 Å². The molecule has 4 N–H and O–H groups in total. The second-order valence-corrected chi connectivity index (χ2v) is 2.23. The van der Waals surface area contributed by atoms with Gasteiger partial charge in [0, 0.05) is 0 Å². The van der Waals surface area contributed by atoms with Crippen molar-refractivity contribution in [3.05, 3.63) is 0 Å². The monoisotopic (exact) mass is 216 g/mol. The van der Waals surface area contributed by atoms with Crippen LogP contribution in [-0.4, -0.2) is 41.2 Å². The van der Waals surface area contributed by atoms with E-state index in [1.807, 2.05) is 0 Å². The lowest BCUT2D eigenvalue weighted by molar-refractivity contribution is -0.152. The molecule has 0 aliphatic carbocycles. The summed E-state index contributed by atoms with van der Waals surface area (Å²) < 4.78 is 35.9. The van der Waals surface area contributed by atoms with Gasteiger partial charge in [0.25, 0.3) is 0 Å². The summed E-state index contributed by atoms with van der Waals surface area (Å²) in [6.45, 7) is -1.06. The third kappa shape index (κ3) is 5.06. The van der Waals surface area contributed by atoms with Crippen molar-refractivity contribution in [3.8, 4) is 0 Å². The quantitative estimate of drug-likeness (QED) is 0.550. The smallest absolute Gasteiger partial charge is 0.410 e. The molecule has 0 rings (SSSR count). The van der Waals surface area contributed by atoms with Crippen LogP contribution in [-0.2, 0) is 0 Å². The minimum Gasteiger partial charge on any atom is -0.465 e. The molecule has 0 aromatic heterocycles. The van der Waals surface area contributed by atoms with Crippen LogP contribution in [0.1, 0.15) is 0 Å². The molecular formula is C5H7F3N2O4. The Morgan fingerprint density at radius 3 is 2.00 bits per heavy atom. The van der Waals surface area contributed by atoms with E-state index in [1.165, 1.54) is 5.32 Å². The van der Waals surface area contributed by atoms with Crippen LogP contribution in [0.2, 0.25) is 0 Å². The van der Waals surface area contributed by atoms with Crippen molar-refractivity contribution in [3.63, 3.8) is 0 Å². The maximum Gasteiger partial charge on any atom is 0.410 e. The number of alkyl halides is 3. The number of rotatable bonds is 3. The molecule has 0 saturated carbocycles. The third-order valence-corrected chi connectivity index (χ3v) is 1.15. The van der Waals surface area contributed by atoms with Crippen LogP contribution in [0.5, 0.6) is 0 Å². The number of hydrogen-bond acceptors (Lipinski definition) is 2. The average Bonchev–Trinajstić information content (AvgIpc) is 1.94. The first-order valence-electron chi connectivity index (χ1n) is 3.26. The van der Waals surface area contributed by atoms with E-state index in [4.69, 9.17) is 10.2 Å². The molecule has 0 aromatic rings. The van der Waals surface area contributed by atoms with Gasteiger partial charge in [-0.15, -0.1) is 0 Å². The highest BCUT2D eigenvalue weighted by atomic mass is 19.4. The molecule has 14 heavy (non-hydrogen) atoms. The molecule has 0 aromatic carbocycles. The average molecular weight is 216 g/mol. The number of amides is 2. The molecule has 0 fully saturated rings. The SMILES string of the molecule is O=C(O)NCC(NC(=O)O)C(F)(F)F. The van der Waals surface area contributed by atoms with Gasteiger partial charge in [-0.25, -0.2) is 9.59 Å². The van der Waals surface area contributed by atoms with E-state index in [9.17, 15) is 22.8 Å². The topological polar surface area (TPSA) is 98.7 Å². The van der Waals surface area contributed by atoms with E-state index in [-0.39, 0.29) is 0 Å². The third-order valence-electron chi connectivity index (χ3n) is 1.15. The normalized spacial score (nSPS) is 13.1. The molecule has 0 spiro atoms. The van der Waals surface area contributed by atoms with Crippen molar-refractivity contribution in [2.45, 2.75) is 12.2 Å². The zero-order valence-electron chi connectivity index (χ0n) is 6.63. The van der Waals surface area contributed by atoms with Crippen LogP contribution in [0.4, 0.5) is 22.8 Å². The van der Waals surface area contributed by atoms with Gasteiger partial charge in [-0.2, -0.15) is 13.2 Å². The predicted octanol–water partition coefficient (Wildman–Crippen LogP) is 0.452. The molecule has 6 nitrogen and oxygen atoms in total. The minimum absolute atomic E-state index is 1.06. The van der Waals surface area contributed by atoms with Crippen LogP contribution in [0.25, 0.3) is 0 Å². The van der Waals surface area contributed by atoms with Gasteiger partial charge in [0.2, 0.25) is 0 Å². The molecule has 2 amide bonds. The van der Waals surface area contributed by atoms with Crippen LogP contribution < -0.4 is 10.6 Å². The van der Waals surface area contributed by atoms with E-state index >= 15 is 0 Å². The maximum absolute atomic E-state index is 12.0. The molecule has 0 aliphatic heterocycles. The van der Waals surface area contributed by atoms with Crippen molar-refractivity contribution in [1.29, 1.82) is 0 Å². The zero-order chi connectivity index (χ0) is 11.4. The van der Waals surface area contributed by atoms with Crippen LogP contribution in [0.15, 0.2) is 0 Å². The Kier molecular flexibility index (Phi) is 3.99. The van der Waals surface area contributed by atoms with E-state index in [2.05, 4.69) is 0 Å². The van der Waals surface area contributed by atoms with Gasteiger partial charge in [0.05, 0.1) is 6.54 Å². The Bertz CT molecular complexity index is 230. The second kappa shape index (κ2) is 4.53. The van der Waals surface area contributed by atoms with Gasteiger partial charge in [-0.3, -0.25) is 0 Å². The largest absolute Gasteiger partial charge is 0.465 e. The van der Waals surface area contributed by atoms with Crippen molar-refractivity contribution < 1.29 is 33.0 Å². The van der Waals surface area contributed by atoms with Gasteiger partial charge < -0.3 is 20.8 Å². The molecule has 9 heteroatoms. The Balaban J connectivity index is 4.26. The summed E-state index contributed by atoms with van der Waals surface area (Å²) in [7, 11) is 0. The molecule has 0 radical (unpaired) electrons. The highest BCUT2D eigenvalue weighted by Crippen LogP contribution is 2.19. The number of hydrogen-bond donors (Lipinski definition) is 4. The van der Waals surface area contributed by atoms with Gasteiger partial charge in [0.15, 0.2) is 0 Å². The van der Waals surface area contributed by atoms with Crippen LogP contribution in [0.3, 0.4) is 0 Å². The summed E-state index contributed by atoms with van der Waals surface area (Å²) in [5, 5.41) is 18.6. The van der Waals surface area contributed by atoms with E-state index in [0.717, 1.165) is 5.32 Å². The summed E-state index contributed by atoms with van der Waals surface area (Å²) in [5.41, 5.74) is 0. The number of carboxylic acid groups (broad SMARTS) is 2. The van der Waals surface area contributed by atoms with Gasteiger partial charge in [0.1, 0.15) is 6.04 Å². The molecule has 1 atom stereocenters. The summed E-state index contributed by atoms with van der Waals surface area (Å²) in [6, 6.07) is -2.45. The first-order chi connectivity index (χ1) is 6.23. The zero-order valence-corrected chi connectivity index (χ0v) is 6.63. The molecular weight excluding hydrogens is 209 g/mol. The lowest BCUT2D eigenvalue weighted by atomic mass is 10.3. The van der Waals surface area contributed by atoms with Crippen LogP contribution in [0, 0.1) is 0 Å². The fourth-order valence-corrected chi connectivity index (χ4v) is 0.587. The fourth-order valence-electron chi connectivity index (χ4n) is 0.587. The fraction of sp³-hybridized carbons (Fsp3) is 0.600. The predicted molar refractivity (Wildman–Crippen MR) is 37.0 cm³/mol. The standard InChI is InChI=1S/C5H7F3N2O4/c6-5(7,8)2(10-4(13)14)1-9-3(11)12/h2,9-10H,1H2,(H,11,12)(H,13,14). The van der Waals surface area contributed by atoms with E-state index in [1.54, 1.807) is 0 Å². The number of carbonyl (C=O) groups is 2. The first-order valence-corrected chi connectivity index (χ1v) is 3.26. The molecule has 0 bridgehead atoms. The molecule has 1 unspecified atom stereocenters. The van der Waals surface area contributed by atoms with Gasteiger partial charge in [-0.1, -0.05) is 0 Å². The summed E-state index contributed by atoms with van der Waals surface area (Å²) in [5.74, 6) is 0.